The van der Waals surface area contributed by atoms with Gasteiger partial charge >= 0.3 is 5.97 Å². The number of piperidine rings is 1. The van der Waals surface area contributed by atoms with Gasteiger partial charge in [-0.1, -0.05) is 42.5 Å². The van der Waals surface area contributed by atoms with Crippen molar-refractivity contribution in [3.63, 3.8) is 0 Å². The Morgan fingerprint density at radius 1 is 1.14 bits per heavy atom. The van der Waals surface area contributed by atoms with E-state index in [1.807, 2.05) is 36.4 Å². The highest BCUT2D eigenvalue weighted by Crippen LogP contribution is 2.32. The largest absolute Gasteiger partial charge is 0.481 e. The Morgan fingerprint density at radius 2 is 1.96 bits per heavy atom. The van der Waals surface area contributed by atoms with Crippen molar-refractivity contribution in [1.29, 1.82) is 0 Å². The molecule has 1 aliphatic heterocycles. The topological polar surface area (TPSA) is 87.8 Å². The number of carbonyl (C=O) groups is 1. The fourth-order valence-corrected chi connectivity index (χ4v) is 5.25. The van der Waals surface area contributed by atoms with Crippen molar-refractivity contribution in [3.8, 4) is 0 Å². The normalized spacial score (nSPS) is 18.4. The number of furan rings is 1. The van der Waals surface area contributed by atoms with Crippen LogP contribution < -0.4 is 0 Å². The van der Waals surface area contributed by atoms with Gasteiger partial charge in [-0.3, -0.25) is 4.79 Å². The summed E-state index contributed by atoms with van der Waals surface area (Å²) in [6.07, 6.45) is 1.57. The Kier molecular flexibility index (Phi) is 4.95. The minimum Gasteiger partial charge on any atom is -0.481 e. The third-order valence-corrected chi connectivity index (χ3v) is 6.88. The zero-order valence-electron chi connectivity index (χ0n) is 15.2. The van der Waals surface area contributed by atoms with E-state index >= 15 is 0 Å². The summed E-state index contributed by atoms with van der Waals surface area (Å²) in [5.41, 5.74) is 2.25. The number of rotatable bonds is 5. The Bertz CT molecular complexity index is 1090. The molecule has 28 heavy (non-hydrogen) atoms. The van der Waals surface area contributed by atoms with Crippen molar-refractivity contribution < 1.29 is 22.7 Å². The van der Waals surface area contributed by atoms with Crippen molar-refractivity contribution in [2.75, 3.05) is 13.1 Å². The first-order valence-electron chi connectivity index (χ1n) is 9.23. The first-order valence-corrected chi connectivity index (χ1v) is 10.7. The summed E-state index contributed by atoms with van der Waals surface area (Å²) in [6.45, 7) is 0.806. The van der Waals surface area contributed by atoms with Crippen LogP contribution >= 0.6 is 0 Å². The van der Waals surface area contributed by atoms with E-state index in [-0.39, 0.29) is 17.4 Å². The molecule has 1 saturated heterocycles. The van der Waals surface area contributed by atoms with Gasteiger partial charge in [0.1, 0.15) is 5.58 Å². The monoisotopic (exact) mass is 399 g/mol. The third-order valence-electron chi connectivity index (χ3n) is 5.16. The highest BCUT2D eigenvalue weighted by Gasteiger charge is 2.33. The molecule has 1 atom stereocenters. The molecule has 0 saturated carbocycles. The molecule has 2 heterocycles. The molecule has 4 rings (SSSR count). The Morgan fingerprint density at radius 3 is 2.75 bits per heavy atom. The predicted molar refractivity (Wildman–Crippen MR) is 105 cm³/mol. The minimum atomic E-state index is -3.72. The van der Waals surface area contributed by atoms with Crippen LogP contribution in [0.1, 0.15) is 29.9 Å². The van der Waals surface area contributed by atoms with E-state index in [1.54, 1.807) is 18.2 Å². The van der Waals surface area contributed by atoms with Gasteiger partial charge in [0.05, 0.1) is 6.42 Å². The zero-order chi connectivity index (χ0) is 19.7. The maximum Gasteiger partial charge on any atom is 0.307 e. The quantitative estimate of drug-likeness (QED) is 0.708. The molecule has 6 nitrogen and oxygen atoms in total. The van der Waals surface area contributed by atoms with Gasteiger partial charge in [-0.05, 0) is 36.0 Å². The molecule has 0 radical (unpaired) electrons. The fourth-order valence-electron chi connectivity index (χ4n) is 3.78. The van der Waals surface area contributed by atoms with E-state index in [1.165, 1.54) is 4.31 Å². The number of hydrogen-bond donors (Lipinski definition) is 1. The van der Waals surface area contributed by atoms with Gasteiger partial charge in [-0.15, -0.1) is 0 Å². The molecule has 2 aromatic carbocycles. The van der Waals surface area contributed by atoms with Crippen molar-refractivity contribution in [3.05, 3.63) is 65.7 Å². The second-order valence-corrected chi connectivity index (χ2v) is 8.99. The maximum absolute atomic E-state index is 13.1. The van der Waals surface area contributed by atoms with E-state index in [9.17, 15) is 13.2 Å². The number of benzene rings is 2. The second kappa shape index (κ2) is 7.41. The molecule has 0 amide bonds. The number of fused-ring (bicyclic) bond motifs is 1. The van der Waals surface area contributed by atoms with Gasteiger partial charge in [0.25, 0.3) is 10.0 Å². The molecule has 0 aliphatic carbocycles. The van der Waals surface area contributed by atoms with Crippen molar-refractivity contribution in [2.24, 2.45) is 0 Å². The number of carboxylic acid groups (broad SMARTS) is 1. The highest BCUT2D eigenvalue weighted by atomic mass is 32.2. The van der Waals surface area contributed by atoms with Gasteiger partial charge in [-0.2, -0.15) is 4.31 Å². The lowest BCUT2D eigenvalue weighted by atomic mass is 9.90. The second-order valence-electron chi connectivity index (χ2n) is 7.12. The molecule has 1 fully saturated rings. The van der Waals surface area contributed by atoms with E-state index in [0.29, 0.717) is 18.7 Å². The first kappa shape index (κ1) is 18.7. The molecule has 1 N–H and O–H groups in total. The molecule has 1 aliphatic rings. The average Bonchev–Trinajstić information content (AvgIpc) is 3.13. The molecule has 7 heteroatoms. The van der Waals surface area contributed by atoms with Gasteiger partial charge in [0.15, 0.2) is 0 Å². The lowest BCUT2D eigenvalue weighted by Crippen LogP contribution is -2.38. The summed E-state index contributed by atoms with van der Waals surface area (Å²) in [6, 6.07) is 16.2. The summed E-state index contributed by atoms with van der Waals surface area (Å²) in [7, 11) is -3.72. The lowest BCUT2D eigenvalue weighted by molar-refractivity contribution is -0.136. The lowest BCUT2D eigenvalue weighted by Gasteiger charge is -2.31. The van der Waals surface area contributed by atoms with Crippen LogP contribution in [0.4, 0.5) is 0 Å². The van der Waals surface area contributed by atoms with Gasteiger partial charge in [-0.25, -0.2) is 8.42 Å². The smallest absolute Gasteiger partial charge is 0.307 e. The molecule has 0 bridgehead atoms. The molecular weight excluding hydrogens is 378 g/mol. The Labute approximate surface area is 163 Å². The Balaban J connectivity index is 1.58. The molecule has 0 spiro atoms. The number of carboxylic acids is 1. The summed E-state index contributed by atoms with van der Waals surface area (Å²) in [5.74, 6) is -0.850. The molecule has 3 aromatic rings. The van der Waals surface area contributed by atoms with Crippen LogP contribution in [0.15, 0.2) is 64.1 Å². The maximum atomic E-state index is 13.1. The summed E-state index contributed by atoms with van der Waals surface area (Å²) in [4.78, 5) is 11.0. The van der Waals surface area contributed by atoms with Crippen LogP contribution in [0.3, 0.4) is 0 Å². The van der Waals surface area contributed by atoms with Crippen LogP contribution in [-0.2, 0) is 21.2 Å². The highest BCUT2D eigenvalue weighted by molar-refractivity contribution is 7.89. The van der Waals surface area contributed by atoms with Crippen molar-refractivity contribution in [2.45, 2.75) is 30.3 Å². The van der Waals surface area contributed by atoms with E-state index in [4.69, 9.17) is 9.52 Å². The summed E-state index contributed by atoms with van der Waals surface area (Å²) < 4.78 is 33.3. The third kappa shape index (κ3) is 3.68. The number of hydrogen-bond acceptors (Lipinski definition) is 4. The number of nitrogens with zero attached hydrogens (tertiary/aromatic N) is 1. The summed E-state index contributed by atoms with van der Waals surface area (Å²) in [5, 5.41) is 9.73. The molecular formula is C21H21NO5S. The van der Waals surface area contributed by atoms with Gasteiger partial charge in [0.2, 0.25) is 5.09 Å². The first-order chi connectivity index (χ1) is 13.4. The summed E-state index contributed by atoms with van der Waals surface area (Å²) >= 11 is 0. The number of sulfonamides is 1. The minimum absolute atomic E-state index is 0.0293. The van der Waals surface area contributed by atoms with E-state index in [2.05, 4.69) is 0 Å². The number of para-hydroxylation sites is 1. The van der Waals surface area contributed by atoms with E-state index in [0.717, 1.165) is 29.4 Å². The standard InChI is InChI=1S/C21H21NO5S/c23-20(24)12-15-5-3-7-16(11-15)18-8-4-10-22(14-18)28(25,26)21-13-17-6-1-2-9-19(17)27-21/h1-3,5-7,9,11,13,18H,4,8,10,12,14H2,(H,23,24). The predicted octanol–water partition coefficient (Wildman–Crippen LogP) is 3.63. The molecule has 146 valence electrons. The molecule has 1 aromatic heterocycles. The van der Waals surface area contributed by atoms with Crippen molar-refractivity contribution >= 4 is 27.0 Å². The van der Waals surface area contributed by atoms with Crippen LogP contribution in [0.5, 0.6) is 0 Å². The average molecular weight is 399 g/mol. The Hall–Kier alpha value is -2.64. The molecule has 1 unspecified atom stereocenters. The van der Waals surface area contributed by atoms with Crippen LogP contribution in [0.25, 0.3) is 11.0 Å². The van der Waals surface area contributed by atoms with Crippen LogP contribution in [0, 0.1) is 0 Å². The van der Waals surface area contributed by atoms with Crippen molar-refractivity contribution in [1.82, 2.24) is 4.31 Å². The van der Waals surface area contributed by atoms with E-state index < -0.39 is 16.0 Å². The van der Waals surface area contributed by atoms with Crippen LogP contribution in [-0.4, -0.2) is 36.9 Å². The SMILES string of the molecule is O=C(O)Cc1cccc(C2CCCN(S(=O)(=O)c3cc4ccccc4o3)C2)c1. The number of aliphatic carboxylic acids is 1. The van der Waals surface area contributed by atoms with Gasteiger partial charge in [0, 0.05) is 24.5 Å². The van der Waals surface area contributed by atoms with Gasteiger partial charge < -0.3 is 9.52 Å². The zero-order valence-corrected chi connectivity index (χ0v) is 16.1. The van der Waals surface area contributed by atoms with Crippen LogP contribution in [0.2, 0.25) is 0 Å². The fraction of sp³-hybridized carbons (Fsp3) is 0.286.